The minimum Gasteiger partial charge on any atom is -0.497 e. The van der Waals surface area contributed by atoms with Gasteiger partial charge in [0.05, 0.1) is 19.8 Å². The largest absolute Gasteiger partial charge is 0.497 e. The monoisotopic (exact) mass is 408 g/mol. The van der Waals surface area contributed by atoms with Gasteiger partial charge in [0.25, 0.3) is 5.91 Å². The number of amides is 1. The van der Waals surface area contributed by atoms with Crippen LogP contribution in [0.5, 0.6) is 11.5 Å². The Bertz CT molecular complexity index is 798. The molecule has 0 fully saturated rings. The van der Waals surface area contributed by atoms with E-state index in [0.29, 0.717) is 24.4 Å². The van der Waals surface area contributed by atoms with Crippen LogP contribution in [-0.2, 0) is 13.1 Å². The van der Waals surface area contributed by atoms with Crippen LogP contribution in [0.3, 0.4) is 0 Å². The summed E-state index contributed by atoms with van der Waals surface area (Å²) in [4.78, 5) is 19.0. The summed E-state index contributed by atoms with van der Waals surface area (Å²) < 4.78 is 11.4. The molecule has 0 saturated heterocycles. The number of ether oxygens (including phenoxy) is 2. The summed E-state index contributed by atoms with van der Waals surface area (Å²) in [5.41, 5.74) is 2.63. The van der Waals surface area contributed by atoms with E-state index in [0.717, 1.165) is 26.4 Å². The summed E-state index contributed by atoms with van der Waals surface area (Å²) in [6, 6.07) is 5.63. The summed E-state index contributed by atoms with van der Waals surface area (Å²) in [6.07, 6.45) is 3.66. The summed E-state index contributed by atoms with van der Waals surface area (Å²) >= 11 is 5.00. The molecule has 3 rings (SSSR count). The average Bonchev–Trinajstić information content (AvgIpc) is 2.93. The van der Waals surface area contributed by atoms with Crippen LogP contribution >= 0.6 is 27.7 Å². The van der Waals surface area contributed by atoms with Gasteiger partial charge >= 0.3 is 0 Å². The summed E-state index contributed by atoms with van der Waals surface area (Å²) in [7, 11) is 3.23. The van der Waals surface area contributed by atoms with Gasteiger partial charge in [-0.25, -0.2) is 4.98 Å². The second-order valence-corrected chi connectivity index (χ2v) is 6.96. The van der Waals surface area contributed by atoms with Gasteiger partial charge in [-0.2, -0.15) is 0 Å². The highest BCUT2D eigenvalue weighted by atomic mass is 79.9. The Kier molecular flexibility index (Phi) is 5.01. The first-order chi connectivity index (χ1) is 11.6. The maximum atomic E-state index is 12.8. The van der Waals surface area contributed by atoms with Gasteiger partial charge in [0, 0.05) is 41.0 Å². The average molecular weight is 409 g/mol. The van der Waals surface area contributed by atoms with Crippen LogP contribution in [0.1, 0.15) is 21.5 Å². The van der Waals surface area contributed by atoms with Crippen LogP contribution in [0.4, 0.5) is 0 Å². The Labute approximate surface area is 153 Å². The van der Waals surface area contributed by atoms with Crippen LogP contribution in [0.2, 0.25) is 0 Å². The Morgan fingerprint density at radius 3 is 2.79 bits per heavy atom. The van der Waals surface area contributed by atoms with Gasteiger partial charge in [0.2, 0.25) is 0 Å². The number of pyridine rings is 1. The number of hydrogen-bond acceptors (Lipinski definition) is 5. The van der Waals surface area contributed by atoms with Gasteiger partial charge in [-0.15, -0.1) is 11.8 Å². The molecule has 0 saturated carbocycles. The van der Waals surface area contributed by atoms with Crippen molar-refractivity contribution in [2.75, 3.05) is 20.5 Å². The fourth-order valence-corrected chi connectivity index (χ4v) is 3.88. The maximum absolute atomic E-state index is 12.8. The van der Waals surface area contributed by atoms with E-state index in [1.807, 2.05) is 24.5 Å². The van der Waals surface area contributed by atoms with E-state index >= 15 is 0 Å². The highest BCUT2D eigenvalue weighted by molar-refractivity contribution is 9.10. The Balaban J connectivity index is 1.91. The molecular weight excluding hydrogens is 392 g/mol. The lowest BCUT2D eigenvalue weighted by Crippen LogP contribution is -2.23. The van der Waals surface area contributed by atoms with Crippen molar-refractivity contribution >= 4 is 33.6 Å². The first-order valence-corrected chi connectivity index (χ1v) is 9.32. The standard InChI is InChI=1S/C17H17BrN2O3S/c1-22-11-5-4-10(14(6-11)23-2)8-20-9-12-15(17(20)21)13(18)7-19-16(12)24-3/h4-7H,8-9H2,1-3H3. The van der Waals surface area contributed by atoms with Crippen LogP contribution in [0.25, 0.3) is 0 Å². The number of fused-ring (bicyclic) bond motifs is 1. The zero-order valence-electron chi connectivity index (χ0n) is 13.6. The molecule has 0 bridgehead atoms. The lowest BCUT2D eigenvalue weighted by atomic mass is 10.1. The second kappa shape index (κ2) is 7.03. The van der Waals surface area contributed by atoms with E-state index in [-0.39, 0.29) is 5.91 Å². The van der Waals surface area contributed by atoms with Gasteiger partial charge in [-0.3, -0.25) is 4.79 Å². The molecule has 5 nitrogen and oxygen atoms in total. The smallest absolute Gasteiger partial charge is 0.256 e. The van der Waals surface area contributed by atoms with E-state index in [2.05, 4.69) is 20.9 Å². The lowest BCUT2D eigenvalue weighted by Gasteiger charge is -2.18. The van der Waals surface area contributed by atoms with Crippen molar-refractivity contribution in [2.45, 2.75) is 18.1 Å². The van der Waals surface area contributed by atoms with Crippen molar-refractivity contribution in [3.63, 3.8) is 0 Å². The van der Waals surface area contributed by atoms with Gasteiger partial charge in [-0.1, -0.05) is 0 Å². The zero-order valence-corrected chi connectivity index (χ0v) is 16.0. The number of halogens is 1. The van der Waals surface area contributed by atoms with Crippen LogP contribution in [0.15, 0.2) is 33.9 Å². The van der Waals surface area contributed by atoms with Gasteiger partial charge < -0.3 is 14.4 Å². The SMILES string of the molecule is COc1ccc(CN2Cc3c(SC)ncc(Br)c3C2=O)c(OC)c1. The lowest BCUT2D eigenvalue weighted by molar-refractivity contribution is 0.0764. The van der Waals surface area contributed by atoms with Crippen LogP contribution < -0.4 is 9.47 Å². The third-order valence-electron chi connectivity index (χ3n) is 3.99. The molecule has 7 heteroatoms. The summed E-state index contributed by atoms with van der Waals surface area (Å²) in [5.74, 6) is 1.44. The van der Waals surface area contributed by atoms with Gasteiger partial charge in [-0.05, 0) is 34.3 Å². The number of aromatic nitrogens is 1. The molecule has 0 atom stereocenters. The predicted molar refractivity (Wildman–Crippen MR) is 96.8 cm³/mol. The third kappa shape index (κ3) is 2.98. The quantitative estimate of drug-likeness (QED) is 0.705. The first kappa shape index (κ1) is 17.1. The topological polar surface area (TPSA) is 51.7 Å². The maximum Gasteiger partial charge on any atom is 0.256 e. The molecular formula is C17H17BrN2O3S. The van der Waals surface area contributed by atoms with Crippen molar-refractivity contribution in [2.24, 2.45) is 0 Å². The van der Waals surface area contributed by atoms with Crippen molar-refractivity contribution in [3.8, 4) is 11.5 Å². The molecule has 0 N–H and O–H groups in total. The third-order valence-corrected chi connectivity index (χ3v) is 5.33. The molecule has 126 valence electrons. The summed E-state index contributed by atoms with van der Waals surface area (Å²) in [6.45, 7) is 1.02. The second-order valence-electron chi connectivity index (χ2n) is 5.31. The van der Waals surface area contributed by atoms with Crippen molar-refractivity contribution in [3.05, 3.63) is 45.6 Å². The molecule has 1 amide bonds. The molecule has 1 aromatic heterocycles. The zero-order chi connectivity index (χ0) is 17.3. The van der Waals surface area contributed by atoms with Crippen LogP contribution in [0, 0.1) is 0 Å². The first-order valence-electron chi connectivity index (χ1n) is 7.30. The fourth-order valence-electron chi connectivity index (χ4n) is 2.80. The fraction of sp³-hybridized carbons (Fsp3) is 0.294. The van der Waals surface area contributed by atoms with Crippen LogP contribution in [-0.4, -0.2) is 36.3 Å². The number of hydrogen-bond donors (Lipinski definition) is 0. The van der Waals surface area contributed by atoms with Gasteiger partial charge in [0.15, 0.2) is 0 Å². The number of rotatable bonds is 5. The number of benzene rings is 1. The number of thioether (sulfide) groups is 1. The molecule has 24 heavy (non-hydrogen) atoms. The van der Waals surface area contributed by atoms with E-state index in [4.69, 9.17) is 9.47 Å². The highest BCUT2D eigenvalue weighted by Crippen LogP contribution is 2.36. The van der Waals surface area contributed by atoms with Crippen molar-refractivity contribution < 1.29 is 14.3 Å². The Morgan fingerprint density at radius 2 is 2.12 bits per heavy atom. The molecule has 0 unspecified atom stereocenters. The van der Waals surface area contributed by atoms with E-state index in [1.54, 1.807) is 37.1 Å². The Hall–Kier alpha value is -1.73. The molecule has 0 radical (unpaired) electrons. The number of nitrogens with zero attached hydrogens (tertiary/aromatic N) is 2. The van der Waals surface area contributed by atoms with E-state index < -0.39 is 0 Å². The minimum absolute atomic E-state index is 0.00689. The molecule has 1 aromatic carbocycles. The number of methoxy groups -OCH3 is 2. The predicted octanol–water partition coefficient (Wildman–Crippen LogP) is 3.74. The molecule has 1 aliphatic heterocycles. The van der Waals surface area contributed by atoms with Crippen molar-refractivity contribution in [1.82, 2.24) is 9.88 Å². The Morgan fingerprint density at radius 1 is 1.33 bits per heavy atom. The molecule has 1 aliphatic rings. The number of carbonyl (C=O) groups excluding carboxylic acids is 1. The minimum atomic E-state index is 0.00689. The number of carbonyl (C=O) groups is 1. The van der Waals surface area contributed by atoms with E-state index in [9.17, 15) is 4.79 Å². The normalized spacial score (nSPS) is 13.2. The highest BCUT2D eigenvalue weighted by Gasteiger charge is 2.32. The molecule has 2 heterocycles. The van der Waals surface area contributed by atoms with E-state index in [1.165, 1.54) is 0 Å². The molecule has 0 spiro atoms. The molecule has 0 aliphatic carbocycles. The van der Waals surface area contributed by atoms with Gasteiger partial charge in [0.1, 0.15) is 16.5 Å². The summed E-state index contributed by atoms with van der Waals surface area (Å²) in [5, 5.41) is 0.894. The molecule has 2 aromatic rings. The van der Waals surface area contributed by atoms with Crippen molar-refractivity contribution in [1.29, 1.82) is 0 Å².